The van der Waals surface area contributed by atoms with Crippen molar-refractivity contribution in [1.29, 1.82) is 0 Å². The Morgan fingerprint density at radius 3 is 2.76 bits per heavy atom. The molecule has 0 unspecified atom stereocenters. The Morgan fingerprint density at radius 1 is 1.29 bits per heavy atom. The maximum absolute atomic E-state index is 11.7. The Labute approximate surface area is 125 Å². The lowest BCUT2D eigenvalue weighted by Crippen LogP contribution is -2.48. The fourth-order valence-electron chi connectivity index (χ4n) is 3.23. The molecule has 6 nitrogen and oxygen atoms in total. The van der Waals surface area contributed by atoms with E-state index in [4.69, 9.17) is 4.74 Å². The molecule has 2 aliphatic heterocycles. The van der Waals surface area contributed by atoms with Gasteiger partial charge in [-0.3, -0.25) is 9.78 Å². The van der Waals surface area contributed by atoms with Gasteiger partial charge in [0.25, 0.3) is 0 Å². The van der Waals surface area contributed by atoms with Crippen molar-refractivity contribution < 1.29 is 9.53 Å². The van der Waals surface area contributed by atoms with Gasteiger partial charge in [-0.05, 0) is 12.8 Å². The molecule has 114 valence electrons. The van der Waals surface area contributed by atoms with Crippen LogP contribution in [0.1, 0.15) is 19.8 Å². The largest absolute Gasteiger partial charge is 0.379 e. The van der Waals surface area contributed by atoms with Gasteiger partial charge < -0.3 is 14.5 Å². The highest BCUT2D eigenvalue weighted by atomic mass is 16.5. The molecule has 0 radical (unpaired) electrons. The summed E-state index contributed by atoms with van der Waals surface area (Å²) in [5, 5.41) is 0. The van der Waals surface area contributed by atoms with Crippen LogP contribution in [0.4, 0.5) is 5.82 Å². The Bertz CT molecular complexity index is 486. The minimum absolute atomic E-state index is 0.0981. The molecule has 2 saturated heterocycles. The first-order valence-electron chi connectivity index (χ1n) is 7.53. The Morgan fingerprint density at radius 2 is 2.10 bits per heavy atom. The standard InChI is InChI=1S/C15H22N4O2/c1-13(20)19-8-9-21-12-15(11-19)2-6-18(7-3-15)14-10-16-4-5-17-14/h4-5,10H,2-3,6-9,11-12H2,1H3. The molecule has 1 amide bonds. The summed E-state index contributed by atoms with van der Waals surface area (Å²) in [7, 11) is 0. The lowest BCUT2D eigenvalue weighted by atomic mass is 9.78. The SMILES string of the molecule is CC(=O)N1CCOCC2(CCN(c3cnccn3)CC2)C1. The Balaban J connectivity index is 1.67. The summed E-state index contributed by atoms with van der Waals surface area (Å²) in [4.78, 5) is 24.4. The molecule has 1 aromatic rings. The normalized spacial score (nSPS) is 22.1. The van der Waals surface area contributed by atoms with E-state index in [9.17, 15) is 4.79 Å². The van der Waals surface area contributed by atoms with Gasteiger partial charge in [0.2, 0.25) is 5.91 Å². The van der Waals surface area contributed by atoms with Crippen molar-refractivity contribution in [1.82, 2.24) is 14.9 Å². The predicted octanol–water partition coefficient (Wildman–Crippen LogP) is 0.942. The van der Waals surface area contributed by atoms with Crippen molar-refractivity contribution in [2.45, 2.75) is 19.8 Å². The smallest absolute Gasteiger partial charge is 0.219 e. The summed E-state index contributed by atoms with van der Waals surface area (Å²) in [6.45, 7) is 6.46. The van der Waals surface area contributed by atoms with E-state index in [1.165, 1.54) is 0 Å². The number of carbonyl (C=O) groups is 1. The van der Waals surface area contributed by atoms with Crippen molar-refractivity contribution in [2.75, 3.05) is 44.3 Å². The Hall–Kier alpha value is -1.69. The van der Waals surface area contributed by atoms with Gasteiger partial charge in [-0.1, -0.05) is 0 Å². The zero-order chi connectivity index (χ0) is 14.7. The molecule has 6 heteroatoms. The van der Waals surface area contributed by atoms with Gasteiger partial charge in [-0.25, -0.2) is 4.98 Å². The number of amides is 1. The molecule has 0 N–H and O–H groups in total. The maximum Gasteiger partial charge on any atom is 0.219 e. The lowest BCUT2D eigenvalue weighted by Gasteiger charge is -2.42. The summed E-state index contributed by atoms with van der Waals surface area (Å²) in [6, 6.07) is 0. The number of nitrogens with zero attached hydrogens (tertiary/aromatic N) is 4. The number of rotatable bonds is 1. The quantitative estimate of drug-likeness (QED) is 0.770. The topological polar surface area (TPSA) is 58.6 Å². The zero-order valence-electron chi connectivity index (χ0n) is 12.5. The summed E-state index contributed by atoms with van der Waals surface area (Å²) in [6.07, 6.45) is 7.27. The van der Waals surface area contributed by atoms with Crippen molar-refractivity contribution in [3.8, 4) is 0 Å². The second-order valence-corrected chi connectivity index (χ2v) is 6.04. The molecule has 0 atom stereocenters. The monoisotopic (exact) mass is 290 g/mol. The van der Waals surface area contributed by atoms with Crippen LogP contribution in [0.2, 0.25) is 0 Å². The van der Waals surface area contributed by atoms with Gasteiger partial charge in [0.15, 0.2) is 0 Å². The summed E-state index contributed by atoms with van der Waals surface area (Å²) < 4.78 is 5.77. The third-order valence-corrected chi connectivity index (χ3v) is 4.58. The van der Waals surface area contributed by atoms with Gasteiger partial charge in [0.1, 0.15) is 5.82 Å². The molecule has 1 spiro atoms. The minimum Gasteiger partial charge on any atom is -0.379 e. The highest BCUT2D eigenvalue weighted by Gasteiger charge is 2.38. The molecular weight excluding hydrogens is 268 g/mol. The number of piperidine rings is 1. The average Bonchev–Trinajstić information content (AvgIpc) is 2.72. The average molecular weight is 290 g/mol. The van der Waals surface area contributed by atoms with E-state index >= 15 is 0 Å². The second-order valence-electron chi connectivity index (χ2n) is 6.04. The van der Waals surface area contributed by atoms with E-state index in [0.717, 1.165) is 44.9 Å². The highest BCUT2D eigenvalue weighted by Crippen LogP contribution is 2.35. The van der Waals surface area contributed by atoms with Crippen LogP contribution < -0.4 is 4.90 Å². The highest BCUT2D eigenvalue weighted by molar-refractivity contribution is 5.73. The van der Waals surface area contributed by atoms with Crippen molar-refractivity contribution in [3.63, 3.8) is 0 Å². The first kappa shape index (κ1) is 14.3. The molecule has 3 heterocycles. The van der Waals surface area contributed by atoms with Gasteiger partial charge in [-0.15, -0.1) is 0 Å². The molecule has 2 fully saturated rings. The maximum atomic E-state index is 11.7. The second kappa shape index (κ2) is 5.97. The summed E-state index contributed by atoms with van der Waals surface area (Å²) >= 11 is 0. The zero-order valence-corrected chi connectivity index (χ0v) is 12.5. The van der Waals surface area contributed by atoms with Crippen molar-refractivity contribution in [3.05, 3.63) is 18.6 Å². The fraction of sp³-hybridized carbons (Fsp3) is 0.667. The van der Waals surface area contributed by atoms with Crippen molar-refractivity contribution >= 4 is 11.7 Å². The molecule has 1 aromatic heterocycles. The number of ether oxygens (including phenoxy) is 1. The number of hydrogen-bond donors (Lipinski definition) is 0. The molecule has 3 rings (SSSR count). The van der Waals surface area contributed by atoms with Crippen LogP contribution in [0.25, 0.3) is 0 Å². The van der Waals surface area contributed by atoms with Gasteiger partial charge >= 0.3 is 0 Å². The third-order valence-electron chi connectivity index (χ3n) is 4.58. The van der Waals surface area contributed by atoms with Crippen LogP contribution in [0, 0.1) is 5.41 Å². The number of hydrogen-bond acceptors (Lipinski definition) is 5. The van der Waals surface area contributed by atoms with Gasteiger partial charge in [-0.2, -0.15) is 0 Å². The van der Waals surface area contributed by atoms with Gasteiger partial charge in [0.05, 0.1) is 19.4 Å². The lowest BCUT2D eigenvalue weighted by molar-refractivity contribution is -0.130. The molecule has 0 saturated carbocycles. The van der Waals surface area contributed by atoms with E-state index in [1.807, 2.05) is 11.1 Å². The molecular formula is C15H22N4O2. The third kappa shape index (κ3) is 3.15. The molecule has 21 heavy (non-hydrogen) atoms. The van der Waals surface area contributed by atoms with Crippen LogP contribution in [0.3, 0.4) is 0 Å². The van der Waals surface area contributed by atoms with Crippen LogP contribution in [-0.2, 0) is 9.53 Å². The van der Waals surface area contributed by atoms with Crippen molar-refractivity contribution in [2.24, 2.45) is 5.41 Å². The molecule has 0 bridgehead atoms. The van der Waals surface area contributed by atoms with Crippen LogP contribution >= 0.6 is 0 Å². The summed E-state index contributed by atoms with van der Waals surface area (Å²) in [5.74, 6) is 1.08. The van der Waals surface area contributed by atoms with E-state index in [0.29, 0.717) is 13.2 Å². The van der Waals surface area contributed by atoms with Crippen LogP contribution in [-0.4, -0.2) is 60.2 Å². The molecule has 2 aliphatic rings. The van der Waals surface area contributed by atoms with E-state index in [1.54, 1.807) is 19.3 Å². The van der Waals surface area contributed by atoms with E-state index < -0.39 is 0 Å². The van der Waals surface area contributed by atoms with Gasteiger partial charge in [0, 0.05) is 50.9 Å². The molecule has 0 aromatic carbocycles. The first-order valence-corrected chi connectivity index (χ1v) is 7.53. The van der Waals surface area contributed by atoms with E-state index in [-0.39, 0.29) is 11.3 Å². The van der Waals surface area contributed by atoms with Crippen LogP contribution in [0.5, 0.6) is 0 Å². The fourth-order valence-corrected chi connectivity index (χ4v) is 3.23. The number of anilines is 1. The molecule has 0 aliphatic carbocycles. The Kier molecular flexibility index (Phi) is 4.05. The first-order chi connectivity index (χ1) is 10.2. The number of carbonyl (C=O) groups excluding carboxylic acids is 1. The van der Waals surface area contributed by atoms with Crippen LogP contribution in [0.15, 0.2) is 18.6 Å². The summed E-state index contributed by atoms with van der Waals surface area (Å²) in [5.41, 5.74) is 0.0981. The van der Waals surface area contributed by atoms with E-state index in [2.05, 4.69) is 14.9 Å². The predicted molar refractivity (Wildman–Crippen MR) is 79.0 cm³/mol. The number of aromatic nitrogens is 2. The minimum atomic E-state index is 0.0981.